The van der Waals surface area contributed by atoms with E-state index in [2.05, 4.69) is 35.9 Å². The molecule has 34 heavy (non-hydrogen) atoms. The van der Waals surface area contributed by atoms with Crippen molar-refractivity contribution in [3.63, 3.8) is 0 Å². The number of piperidine rings is 1. The predicted octanol–water partition coefficient (Wildman–Crippen LogP) is 5.02. The summed E-state index contributed by atoms with van der Waals surface area (Å²) in [6.45, 7) is 6.67. The van der Waals surface area contributed by atoms with Gasteiger partial charge in [0, 0.05) is 43.3 Å². The lowest BCUT2D eigenvalue weighted by atomic mass is 9.81. The molecule has 2 aliphatic rings. The molecule has 0 N–H and O–H groups in total. The summed E-state index contributed by atoms with van der Waals surface area (Å²) in [5.41, 5.74) is 3.31. The van der Waals surface area contributed by atoms with E-state index in [1.165, 1.54) is 25.7 Å². The number of aryl methyl sites for hydroxylation is 1. The van der Waals surface area contributed by atoms with Crippen LogP contribution in [-0.2, 0) is 13.6 Å². The first-order chi connectivity index (χ1) is 16.4. The zero-order chi connectivity index (χ0) is 24.0. The molecule has 0 amide bonds. The van der Waals surface area contributed by atoms with Gasteiger partial charge in [0.1, 0.15) is 11.5 Å². The maximum absolute atomic E-state index is 12.6. The molecule has 0 bridgehead atoms. The number of rotatable bonds is 6. The highest BCUT2D eigenvalue weighted by molar-refractivity contribution is 5.95. The summed E-state index contributed by atoms with van der Waals surface area (Å²) in [7, 11) is 5.22. The smallest absolute Gasteiger partial charge is 0.259 e. The Morgan fingerprint density at radius 2 is 1.85 bits per heavy atom. The number of hydrogen-bond acceptors (Lipinski definition) is 5. The quantitative estimate of drug-likeness (QED) is 0.516. The van der Waals surface area contributed by atoms with E-state index in [4.69, 9.17) is 9.47 Å². The summed E-state index contributed by atoms with van der Waals surface area (Å²) < 4.78 is 13.4. The Kier molecular flexibility index (Phi) is 5.88. The molecule has 1 saturated heterocycles. The van der Waals surface area contributed by atoms with Crippen LogP contribution in [0.2, 0.25) is 0 Å². The van der Waals surface area contributed by atoms with Crippen molar-refractivity contribution >= 4 is 10.8 Å². The average Bonchev–Trinajstić information content (AvgIpc) is 3.62. The molecule has 2 fully saturated rings. The van der Waals surface area contributed by atoms with Crippen LogP contribution in [0.4, 0.5) is 0 Å². The van der Waals surface area contributed by atoms with Crippen molar-refractivity contribution < 1.29 is 9.47 Å². The molecule has 1 spiro atoms. The van der Waals surface area contributed by atoms with Crippen molar-refractivity contribution in [1.29, 1.82) is 0 Å². The summed E-state index contributed by atoms with van der Waals surface area (Å²) in [5, 5.41) is 1.48. The fourth-order valence-corrected chi connectivity index (χ4v) is 5.79. The van der Waals surface area contributed by atoms with Crippen LogP contribution in [0.1, 0.15) is 45.1 Å². The van der Waals surface area contributed by atoms with Crippen LogP contribution >= 0.6 is 0 Å². The maximum atomic E-state index is 12.6. The molecule has 3 heterocycles. The van der Waals surface area contributed by atoms with Crippen molar-refractivity contribution in [3.05, 3.63) is 52.7 Å². The van der Waals surface area contributed by atoms with Gasteiger partial charge in [0.25, 0.3) is 5.56 Å². The molecule has 1 saturated carbocycles. The Morgan fingerprint density at radius 1 is 1.15 bits per heavy atom. The van der Waals surface area contributed by atoms with Gasteiger partial charge in [0.05, 0.1) is 25.2 Å². The zero-order valence-electron chi connectivity index (χ0n) is 20.9. The van der Waals surface area contributed by atoms with E-state index in [0.29, 0.717) is 10.9 Å². The molecule has 1 aliphatic heterocycles. The second-order valence-electron chi connectivity index (χ2n) is 10.4. The van der Waals surface area contributed by atoms with Gasteiger partial charge in [-0.15, -0.1) is 0 Å². The van der Waals surface area contributed by atoms with Crippen molar-refractivity contribution in [2.75, 3.05) is 20.8 Å². The number of aromatic nitrogens is 2. The molecular formula is C28H35N3O3. The first-order valence-corrected chi connectivity index (χ1v) is 12.3. The zero-order valence-corrected chi connectivity index (χ0v) is 20.9. The van der Waals surface area contributed by atoms with Gasteiger partial charge in [-0.05, 0) is 73.2 Å². The Balaban J connectivity index is 1.55. The third-order valence-electron chi connectivity index (χ3n) is 8.11. The monoisotopic (exact) mass is 461 g/mol. The van der Waals surface area contributed by atoms with Crippen molar-refractivity contribution in [2.45, 2.75) is 51.6 Å². The van der Waals surface area contributed by atoms with E-state index in [0.717, 1.165) is 58.5 Å². The number of hydrogen-bond donors (Lipinski definition) is 0. The SMILES string of the molecule is COc1cc(-c2cn(C)c(=O)c3cnccc23)cc(OC)c1CN1CCC(C(C)C)CC12CC2. The van der Waals surface area contributed by atoms with Crippen molar-refractivity contribution in [3.8, 4) is 22.6 Å². The van der Waals surface area contributed by atoms with Gasteiger partial charge in [-0.2, -0.15) is 0 Å². The number of methoxy groups -OCH3 is 2. The topological polar surface area (TPSA) is 56.6 Å². The summed E-state index contributed by atoms with van der Waals surface area (Å²) in [4.78, 5) is 19.5. The summed E-state index contributed by atoms with van der Waals surface area (Å²) >= 11 is 0. The molecule has 5 rings (SSSR count). The van der Waals surface area contributed by atoms with Gasteiger partial charge < -0.3 is 14.0 Å². The molecule has 2 aromatic heterocycles. The van der Waals surface area contributed by atoms with Crippen molar-refractivity contribution in [1.82, 2.24) is 14.5 Å². The van der Waals surface area contributed by atoms with E-state index in [1.807, 2.05) is 12.3 Å². The van der Waals surface area contributed by atoms with E-state index in [-0.39, 0.29) is 5.56 Å². The fourth-order valence-electron chi connectivity index (χ4n) is 5.79. The van der Waals surface area contributed by atoms with Crippen LogP contribution in [-0.4, -0.2) is 40.8 Å². The van der Waals surface area contributed by atoms with E-state index in [1.54, 1.807) is 38.2 Å². The van der Waals surface area contributed by atoms with Gasteiger partial charge >= 0.3 is 0 Å². The fraction of sp³-hybridized carbons (Fsp3) is 0.500. The number of fused-ring (bicyclic) bond motifs is 1. The summed E-state index contributed by atoms with van der Waals surface area (Å²) in [5.74, 6) is 3.21. The Morgan fingerprint density at radius 3 is 2.47 bits per heavy atom. The first-order valence-electron chi connectivity index (χ1n) is 12.3. The van der Waals surface area contributed by atoms with Crippen molar-refractivity contribution in [2.24, 2.45) is 18.9 Å². The lowest BCUT2D eigenvalue weighted by molar-refractivity contribution is 0.0683. The third kappa shape index (κ3) is 3.88. The molecule has 0 radical (unpaired) electrons. The molecular weight excluding hydrogens is 426 g/mol. The number of pyridine rings is 2. The lowest BCUT2D eigenvalue weighted by Gasteiger charge is -2.42. The Hall–Kier alpha value is -2.86. The molecule has 1 aromatic carbocycles. The number of nitrogens with zero attached hydrogens (tertiary/aromatic N) is 3. The van der Waals surface area contributed by atoms with Crippen LogP contribution in [0.25, 0.3) is 21.9 Å². The minimum atomic E-state index is -0.0538. The molecule has 6 heteroatoms. The van der Waals surface area contributed by atoms with Crippen LogP contribution in [0.3, 0.4) is 0 Å². The van der Waals surface area contributed by atoms with E-state index in [9.17, 15) is 4.79 Å². The lowest BCUT2D eigenvalue weighted by Crippen LogP contribution is -2.45. The Labute approximate surface area is 201 Å². The molecule has 1 atom stereocenters. The van der Waals surface area contributed by atoms with Gasteiger partial charge in [-0.1, -0.05) is 13.8 Å². The van der Waals surface area contributed by atoms with Gasteiger partial charge in [0.2, 0.25) is 0 Å². The minimum absolute atomic E-state index is 0.0538. The largest absolute Gasteiger partial charge is 0.496 e. The number of likely N-dealkylation sites (tertiary alicyclic amines) is 1. The number of ether oxygens (including phenoxy) is 2. The standard InChI is InChI=1S/C28H35N3O3/c1-18(2)19-7-11-31(28(14-19)8-9-28)17-24-25(33-4)12-20(13-26(24)34-5)23-16-30(3)27(32)22-15-29-10-6-21(22)23/h6,10,12-13,15-16,18-19H,7-9,11,14,17H2,1-5H3. The predicted molar refractivity (Wildman–Crippen MR) is 135 cm³/mol. The van der Waals surface area contributed by atoms with Crippen LogP contribution in [0.15, 0.2) is 41.6 Å². The Bertz CT molecular complexity index is 1250. The second kappa shape index (κ2) is 8.73. The molecule has 1 aliphatic carbocycles. The van der Waals surface area contributed by atoms with E-state index >= 15 is 0 Å². The highest BCUT2D eigenvalue weighted by Gasteiger charge is 2.51. The normalized spacial score (nSPS) is 19.6. The van der Waals surface area contributed by atoms with Gasteiger partial charge in [-0.3, -0.25) is 14.7 Å². The molecule has 6 nitrogen and oxygen atoms in total. The van der Waals surface area contributed by atoms with Crippen LogP contribution in [0, 0.1) is 11.8 Å². The average molecular weight is 462 g/mol. The minimum Gasteiger partial charge on any atom is -0.496 e. The molecule has 180 valence electrons. The summed E-state index contributed by atoms with van der Waals surface area (Å²) in [6.07, 6.45) is 10.4. The highest BCUT2D eigenvalue weighted by atomic mass is 16.5. The van der Waals surface area contributed by atoms with Crippen LogP contribution < -0.4 is 15.0 Å². The van der Waals surface area contributed by atoms with Gasteiger partial charge in [-0.25, -0.2) is 0 Å². The first kappa shape index (κ1) is 22.9. The summed E-state index contributed by atoms with van der Waals surface area (Å²) in [6, 6.07) is 6.06. The van der Waals surface area contributed by atoms with Gasteiger partial charge in [0.15, 0.2) is 0 Å². The maximum Gasteiger partial charge on any atom is 0.259 e. The third-order valence-corrected chi connectivity index (χ3v) is 8.11. The van der Waals surface area contributed by atoms with Crippen LogP contribution in [0.5, 0.6) is 11.5 Å². The number of benzene rings is 1. The highest BCUT2D eigenvalue weighted by Crippen LogP contribution is 2.52. The molecule has 1 unspecified atom stereocenters. The van der Waals surface area contributed by atoms with E-state index < -0.39 is 0 Å². The second-order valence-corrected chi connectivity index (χ2v) is 10.4. The molecule has 3 aromatic rings.